The zero-order valence-electron chi connectivity index (χ0n) is 15.7. The highest BCUT2D eigenvalue weighted by molar-refractivity contribution is 5.99. The van der Waals surface area contributed by atoms with Crippen LogP contribution in [-0.2, 0) is 0 Å². The van der Waals surface area contributed by atoms with E-state index >= 15 is 0 Å². The third-order valence-electron chi connectivity index (χ3n) is 4.19. The number of nitro benzene ring substituents is 1. The largest absolute Gasteiger partial charge is 0.496 e. The molecule has 2 aromatic carbocycles. The van der Waals surface area contributed by atoms with Crippen molar-refractivity contribution in [3.05, 3.63) is 63.7 Å². The Morgan fingerprint density at radius 3 is 2.41 bits per heavy atom. The molecule has 144 valence electrons. The normalized spacial score (nSPS) is 12.8. The van der Waals surface area contributed by atoms with Gasteiger partial charge in [-0.1, -0.05) is 30.3 Å². The van der Waals surface area contributed by atoms with Gasteiger partial charge >= 0.3 is 0 Å². The fourth-order valence-electron chi connectivity index (χ4n) is 2.71. The maximum Gasteiger partial charge on any atom is 0.293 e. The highest BCUT2D eigenvalue weighted by atomic mass is 16.6. The van der Waals surface area contributed by atoms with Crippen molar-refractivity contribution in [1.82, 2.24) is 5.32 Å². The number of carbonyl (C=O) groups is 1. The third kappa shape index (κ3) is 4.53. The molecule has 2 atom stereocenters. The van der Waals surface area contributed by atoms with Crippen molar-refractivity contribution in [3.63, 3.8) is 0 Å². The van der Waals surface area contributed by atoms with Crippen LogP contribution in [0.3, 0.4) is 0 Å². The van der Waals surface area contributed by atoms with Gasteiger partial charge < -0.3 is 20.1 Å². The predicted molar refractivity (Wildman–Crippen MR) is 102 cm³/mol. The van der Waals surface area contributed by atoms with E-state index in [4.69, 9.17) is 4.74 Å². The Bertz CT molecular complexity index is 824. The number of benzene rings is 2. The topological polar surface area (TPSA) is 105 Å². The summed E-state index contributed by atoms with van der Waals surface area (Å²) in [6.07, 6.45) is -0.919. The summed E-state index contributed by atoms with van der Waals surface area (Å²) < 4.78 is 5.25. The predicted octanol–water partition coefficient (Wildman–Crippen LogP) is 2.52. The number of nitro groups is 1. The summed E-state index contributed by atoms with van der Waals surface area (Å²) in [6.45, 7) is 1.66. The molecule has 27 heavy (non-hydrogen) atoms. The molecule has 0 unspecified atom stereocenters. The lowest BCUT2D eigenvalue weighted by molar-refractivity contribution is -0.384. The number of aliphatic hydroxyl groups is 1. The first kappa shape index (κ1) is 20.2. The SMILES string of the molecule is COc1cc(N(C)C)c([N+](=O)[O-])cc1C(=O)N[C@H](C)[C@@H](O)c1ccccc1. The fourth-order valence-corrected chi connectivity index (χ4v) is 2.71. The quantitative estimate of drug-likeness (QED) is 0.571. The minimum absolute atomic E-state index is 0.0295. The monoisotopic (exact) mass is 373 g/mol. The molecule has 0 bridgehead atoms. The van der Waals surface area contributed by atoms with Gasteiger partial charge in [-0.2, -0.15) is 0 Å². The Kier molecular flexibility index (Phi) is 6.36. The van der Waals surface area contributed by atoms with E-state index < -0.39 is 23.0 Å². The molecule has 2 aromatic rings. The summed E-state index contributed by atoms with van der Waals surface area (Å²) in [6, 6.07) is 10.9. The maximum absolute atomic E-state index is 12.7. The van der Waals surface area contributed by atoms with E-state index in [9.17, 15) is 20.0 Å². The molecular weight excluding hydrogens is 350 g/mol. The van der Waals surface area contributed by atoms with Crippen LogP contribution in [0.4, 0.5) is 11.4 Å². The molecule has 0 aliphatic rings. The van der Waals surface area contributed by atoms with Crippen LogP contribution >= 0.6 is 0 Å². The number of rotatable bonds is 7. The van der Waals surface area contributed by atoms with Gasteiger partial charge in [-0.05, 0) is 12.5 Å². The van der Waals surface area contributed by atoms with Crippen LogP contribution in [0, 0.1) is 10.1 Å². The number of amides is 1. The average molecular weight is 373 g/mol. The summed E-state index contributed by atoms with van der Waals surface area (Å²) in [5.74, 6) is -0.356. The first-order valence-electron chi connectivity index (χ1n) is 8.33. The van der Waals surface area contributed by atoms with E-state index in [0.29, 0.717) is 11.3 Å². The molecule has 0 saturated heterocycles. The average Bonchev–Trinajstić information content (AvgIpc) is 2.66. The van der Waals surface area contributed by atoms with Crippen molar-refractivity contribution < 1.29 is 19.6 Å². The fraction of sp³-hybridized carbons (Fsp3) is 0.316. The Morgan fingerprint density at radius 1 is 1.26 bits per heavy atom. The molecule has 2 rings (SSSR count). The van der Waals surface area contributed by atoms with Gasteiger partial charge in [0.05, 0.1) is 29.7 Å². The lowest BCUT2D eigenvalue weighted by atomic mass is 10.0. The Morgan fingerprint density at radius 2 is 1.89 bits per heavy atom. The summed E-state index contributed by atoms with van der Waals surface area (Å²) in [7, 11) is 4.72. The van der Waals surface area contributed by atoms with Crippen molar-refractivity contribution in [2.75, 3.05) is 26.1 Å². The zero-order valence-corrected chi connectivity index (χ0v) is 15.7. The van der Waals surface area contributed by atoms with Crippen molar-refractivity contribution in [3.8, 4) is 5.75 Å². The molecule has 0 saturated carbocycles. The van der Waals surface area contributed by atoms with Crippen LogP contribution in [0.15, 0.2) is 42.5 Å². The number of hydrogen-bond donors (Lipinski definition) is 2. The Balaban J connectivity index is 2.32. The number of carbonyl (C=O) groups excluding carboxylic acids is 1. The van der Waals surface area contributed by atoms with Crippen molar-refractivity contribution in [2.24, 2.45) is 0 Å². The van der Waals surface area contributed by atoms with E-state index in [1.165, 1.54) is 19.2 Å². The number of nitrogens with zero attached hydrogens (tertiary/aromatic N) is 2. The van der Waals surface area contributed by atoms with Crippen LogP contribution in [0.25, 0.3) is 0 Å². The van der Waals surface area contributed by atoms with Crippen LogP contribution in [0.1, 0.15) is 28.9 Å². The number of methoxy groups -OCH3 is 1. The molecule has 0 aliphatic carbocycles. The van der Waals surface area contributed by atoms with Crippen LogP contribution in [0.2, 0.25) is 0 Å². The Hall–Kier alpha value is -3.13. The molecular formula is C19H23N3O5. The van der Waals surface area contributed by atoms with Crippen molar-refractivity contribution >= 4 is 17.3 Å². The van der Waals surface area contributed by atoms with Gasteiger partial charge in [0.25, 0.3) is 11.6 Å². The van der Waals surface area contributed by atoms with E-state index in [1.807, 2.05) is 6.07 Å². The number of aliphatic hydroxyl groups excluding tert-OH is 1. The molecule has 0 aromatic heterocycles. The number of ether oxygens (including phenoxy) is 1. The van der Waals surface area contributed by atoms with E-state index in [-0.39, 0.29) is 17.0 Å². The van der Waals surface area contributed by atoms with Gasteiger partial charge in [0, 0.05) is 26.2 Å². The molecule has 1 amide bonds. The summed E-state index contributed by atoms with van der Waals surface area (Å²) in [5.41, 5.74) is 0.807. The molecule has 8 heteroatoms. The number of anilines is 1. The number of hydrogen-bond acceptors (Lipinski definition) is 6. The van der Waals surface area contributed by atoms with E-state index in [1.54, 1.807) is 50.2 Å². The second-order valence-electron chi connectivity index (χ2n) is 6.31. The molecule has 2 N–H and O–H groups in total. The minimum Gasteiger partial charge on any atom is -0.496 e. The van der Waals surface area contributed by atoms with E-state index in [0.717, 1.165) is 0 Å². The second kappa shape index (κ2) is 8.50. The standard InChI is InChI=1S/C19H23N3O5/c1-12(18(23)13-8-6-5-7-9-13)20-19(24)14-10-16(22(25)26)15(21(2)3)11-17(14)27-4/h5-12,18,23H,1-4H3,(H,20,24)/t12-,18-/m1/s1. The molecule has 0 spiro atoms. The second-order valence-corrected chi connectivity index (χ2v) is 6.31. The zero-order chi connectivity index (χ0) is 20.1. The highest BCUT2D eigenvalue weighted by Gasteiger charge is 2.26. The van der Waals surface area contributed by atoms with Gasteiger partial charge in [0.1, 0.15) is 11.4 Å². The Labute approximate surface area is 157 Å². The van der Waals surface area contributed by atoms with Crippen molar-refractivity contribution in [1.29, 1.82) is 0 Å². The van der Waals surface area contributed by atoms with Crippen molar-refractivity contribution in [2.45, 2.75) is 19.1 Å². The lowest BCUT2D eigenvalue weighted by Gasteiger charge is -2.22. The summed E-state index contributed by atoms with van der Waals surface area (Å²) in [4.78, 5) is 25.1. The van der Waals surface area contributed by atoms with E-state index in [2.05, 4.69) is 5.32 Å². The van der Waals surface area contributed by atoms with Crippen LogP contribution < -0.4 is 15.0 Å². The minimum atomic E-state index is -0.919. The molecule has 0 radical (unpaired) electrons. The van der Waals surface area contributed by atoms with Crippen LogP contribution in [0.5, 0.6) is 5.75 Å². The summed E-state index contributed by atoms with van der Waals surface area (Å²) >= 11 is 0. The molecule has 0 heterocycles. The van der Waals surface area contributed by atoms with Gasteiger partial charge in [0.15, 0.2) is 0 Å². The molecule has 8 nitrogen and oxygen atoms in total. The lowest BCUT2D eigenvalue weighted by Crippen LogP contribution is -2.37. The smallest absolute Gasteiger partial charge is 0.293 e. The first-order valence-corrected chi connectivity index (χ1v) is 8.33. The highest BCUT2D eigenvalue weighted by Crippen LogP contribution is 2.34. The van der Waals surface area contributed by atoms with Gasteiger partial charge in [-0.15, -0.1) is 0 Å². The first-order chi connectivity index (χ1) is 12.8. The van der Waals surface area contributed by atoms with Gasteiger partial charge in [-0.3, -0.25) is 14.9 Å². The third-order valence-corrected chi connectivity index (χ3v) is 4.19. The maximum atomic E-state index is 12.7. The molecule has 0 fully saturated rings. The number of nitrogens with one attached hydrogen (secondary N) is 1. The van der Waals surface area contributed by atoms with Gasteiger partial charge in [-0.25, -0.2) is 0 Å². The van der Waals surface area contributed by atoms with Gasteiger partial charge in [0.2, 0.25) is 0 Å². The summed E-state index contributed by atoms with van der Waals surface area (Å²) in [5, 5.41) is 24.5. The molecule has 0 aliphatic heterocycles. The van der Waals surface area contributed by atoms with Crippen LogP contribution in [-0.4, -0.2) is 43.2 Å².